The molecule has 0 bridgehead atoms. The molecule has 2 rings (SSSR count). The van der Waals surface area contributed by atoms with Crippen molar-refractivity contribution in [2.75, 3.05) is 5.75 Å². The highest BCUT2D eigenvalue weighted by Crippen LogP contribution is 2.26. The van der Waals surface area contributed by atoms with Crippen LogP contribution < -0.4 is 0 Å². The molecule has 0 saturated heterocycles. The van der Waals surface area contributed by atoms with Gasteiger partial charge in [0.1, 0.15) is 5.78 Å². The van der Waals surface area contributed by atoms with Gasteiger partial charge in [0.05, 0.1) is 17.1 Å². The minimum absolute atomic E-state index is 0.252. The number of fused-ring (bicyclic) bond motifs is 1. The van der Waals surface area contributed by atoms with Crippen molar-refractivity contribution >= 4 is 29.7 Å². The van der Waals surface area contributed by atoms with Crippen molar-refractivity contribution in [2.24, 2.45) is 12.5 Å². The fraction of sp³-hybridized carbons (Fsp3) is 0.467. The first-order valence-corrected chi connectivity index (χ1v) is 7.44. The number of imidazole rings is 1. The molecule has 0 N–H and O–H groups in total. The Hall–Kier alpha value is -1.29. The van der Waals surface area contributed by atoms with E-state index in [0.29, 0.717) is 5.75 Å². The zero-order valence-corrected chi connectivity index (χ0v) is 12.8. The Morgan fingerprint density at radius 1 is 1.37 bits per heavy atom. The van der Waals surface area contributed by atoms with Crippen LogP contribution in [0.4, 0.5) is 0 Å². The van der Waals surface area contributed by atoms with Gasteiger partial charge in [0.15, 0.2) is 5.16 Å². The predicted molar refractivity (Wildman–Crippen MR) is 81.1 cm³/mol. The van der Waals surface area contributed by atoms with Gasteiger partial charge in [-0.2, -0.15) is 0 Å². The molecule has 102 valence electrons. The number of allylic oxidation sites excluding steroid dienone is 2. The average molecular weight is 276 g/mol. The fourth-order valence-electron chi connectivity index (χ4n) is 1.74. The van der Waals surface area contributed by atoms with E-state index in [1.807, 2.05) is 33.9 Å². The van der Waals surface area contributed by atoms with Crippen LogP contribution in [0, 0.1) is 5.41 Å². The molecule has 1 heterocycles. The Balaban J connectivity index is 2.15. The topological polar surface area (TPSA) is 34.9 Å². The summed E-state index contributed by atoms with van der Waals surface area (Å²) in [6, 6.07) is 0. The van der Waals surface area contributed by atoms with Gasteiger partial charge in [-0.05, 0) is 18.6 Å². The van der Waals surface area contributed by atoms with Gasteiger partial charge in [-0.3, -0.25) is 4.79 Å². The number of hydrogen-bond donors (Lipinski definition) is 0. The monoisotopic (exact) mass is 276 g/mol. The Bertz CT molecular complexity index is 547. The second-order valence-corrected chi connectivity index (χ2v) is 6.67. The van der Waals surface area contributed by atoms with Gasteiger partial charge in [-0.1, -0.05) is 44.7 Å². The van der Waals surface area contributed by atoms with Crippen molar-refractivity contribution in [2.45, 2.75) is 32.3 Å². The first-order chi connectivity index (χ1) is 8.89. The van der Waals surface area contributed by atoms with E-state index in [-0.39, 0.29) is 11.2 Å². The Morgan fingerprint density at radius 2 is 2.05 bits per heavy atom. The van der Waals surface area contributed by atoms with E-state index in [1.165, 1.54) is 11.8 Å². The maximum Gasteiger partial charge on any atom is 0.169 e. The molecule has 1 aliphatic rings. The van der Waals surface area contributed by atoms with Gasteiger partial charge in [0, 0.05) is 12.5 Å². The summed E-state index contributed by atoms with van der Waals surface area (Å²) in [5.74, 6) is 0.725. The minimum Gasteiger partial charge on any atom is -0.322 e. The molecule has 4 heteroatoms. The quantitative estimate of drug-likeness (QED) is 0.792. The van der Waals surface area contributed by atoms with Gasteiger partial charge < -0.3 is 4.57 Å². The van der Waals surface area contributed by atoms with E-state index in [2.05, 4.69) is 27.8 Å². The molecule has 0 aromatic carbocycles. The smallest absolute Gasteiger partial charge is 0.169 e. The van der Waals surface area contributed by atoms with Crippen molar-refractivity contribution in [3.8, 4) is 0 Å². The van der Waals surface area contributed by atoms with Crippen LogP contribution in [0.2, 0.25) is 0 Å². The van der Waals surface area contributed by atoms with Crippen molar-refractivity contribution in [1.82, 2.24) is 9.55 Å². The van der Waals surface area contributed by atoms with E-state index < -0.39 is 0 Å². The van der Waals surface area contributed by atoms with Gasteiger partial charge in [0.2, 0.25) is 0 Å². The lowest BCUT2D eigenvalue weighted by Gasteiger charge is -2.15. The van der Waals surface area contributed by atoms with E-state index >= 15 is 0 Å². The zero-order valence-electron chi connectivity index (χ0n) is 11.9. The molecule has 0 fully saturated rings. The van der Waals surface area contributed by atoms with Crippen LogP contribution in [0.3, 0.4) is 0 Å². The molecule has 1 aromatic rings. The van der Waals surface area contributed by atoms with Crippen molar-refractivity contribution in [3.63, 3.8) is 0 Å². The Morgan fingerprint density at radius 3 is 2.74 bits per heavy atom. The number of carbonyl (C=O) groups excluding carboxylic acids is 1. The summed E-state index contributed by atoms with van der Waals surface area (Å²) in [5.41, 5.74) is 1.82. The molecular formula is C15H20N2OS. The SMILES string of the molecule is Cn1c(SCC(=O)C(C)(C)C)nc2c1C=CCC=C2. The molecular weight excluding hydrogens is 256 g/mol. The van der Waals surface area contributed by atoms with Crippen LogP contribution in [0.15, 0.2) is 17.3 Å². The molecule has 19 heavy (non-hydrogen) atoms. The second-order valence-electron chi connectivity index (χ2n) is 5.73. The van der Waals surface area contributed by atoms with Gasteiger partial charge in [0.25, 0.3) is 0 Å². The van der Waals surface area contributed by atoms with Crippen LogP contribution >= 0.6 is 11.8 Å². The molecule has 0 radical (unpaired) electrons. The molecule has 1 aliphatic carbocycles. The highest BCUT2D eigenvalue weighted by Gasteiger charge is 2.22. The van der Waals surface area contributed by atoms with Crippen molar-refractivity contribution < 1.29 is 4.79 Å². The standard InChI is InChI=1S/C15H20N2OS/c1-15(2,3)13(18)10-19-14-16-11-8-6-5-7-9-12(11)17(14)4/h6-9H,5,10H2,1-4H3. The summed E-state index contributed by atoms with van der Waals surface area (Å²) in [4.78, 5) is 16.6. The van der Waals surface area contributed by atoms with E-state index in [0.717, 1.165) is 23.0 Å². The number of ketones is 1. The number of carbonyl (C=O) groups is 1. The predicted octanol–water partition coefficient (Wildman–Crippen LogP) is 3.56. The number of thioether (sulfide) groups is 1. The zero-order chi connectivity index (χ0) is 14.0. The van der Waals surface area contributed by atoms with Crippen molar-refractivity contribution in [1.29, 1.82) is 0 Å². The largest absolute Gasteiger partial charge is 0.322 e. The van der Waals surface area contributed by atoms with Gasteiger partial charge in [-0.25, -0.2) is 4.98 Å². The highest BCUT2D eigenvalue weighted by atomic mass is 32.2. The summed E-state index contributed by atoms with van der Waals surface area (Å²) in [7, 11) is 2.00. The molecule has 0 unspecified atom stereocenters. The Labute approximate surface area is 118 Å². The highest BCUT2D eigenvalue weighted by molar-refractivity contribution is 7.99. The third kappa shape index (κ3) is 3.18. The molecule has 3 nitrogen and oxygen atoms in total. The molecule has 1 aromatic heterocycles. The van der Waals surface area contributed by atoms with Crippen LogP contribution in [0.5, 0.6) is 0 Å². The summed E-state index contributed by atoms with van der Waals surface area (Å²) >= 11 is 1.52. The molecule has 0 amide bonds. The molecule has 0 aliphatic heterocycles. The van der Waals surface area contributed by atoms with Crippen LogP contribution in [0.1, 0.15) is 38.6 Å². The van der Waals surface area contributed by atoms with Crippen LogP contribution in [-0.2, 0) is 11.8 Å². The lowest BCUT2D eigenvalue weighted by Crippen LogP contribution is -2.22. The number of nitrogens with zero attached hydrogens (tertiary/aromatic N) is 2. The summed E-state index contributed by atoms with van der Waals surface area (Å²) in [6.07, 6.45) is 9.31. The normalized spacial score (nSPS) is 14.3. The summed E-state index contributed by atoms with van der Waals surface area (Å²) < 4.78 is 2.06. The third-order valence-corrected chi connectivity index (χ3v) is 4.15. The van der Waals surface area contributed by atoms with Gasteiger partial charge >= 0.3 is 0 Å². The van der Waals surface area contributed by atoms with Crippen LogP contribution in [-0.4, -0.2) is 21.1 Å². The maximum absolute atomic E-state index is 12.0. The molecule has 0 atom stereocenters. The summed E-state index contributed by atoms with van der Waals surface area (Å²) in [5, 5.41) is 0.902. The van der Waals surface area contributed by atoms with Crippen molar-refractivity contribution in [3.05, 3.63) is 23.5 Å². The first-order valence-electron chi connectivity index (χ1n) is 6.45. The lowest BCUT2D eigenvalue weighted by molar-refractivity contribution is -0.123. The third-order valence-electron chi connectivity index (χ3n) is 3.12. The van der Waals surface area contributed by atoms with E-state index in [9.17, 15) is 4.79 Å². The number of rotatable bonds is 3. The number of aromatic nitrogens is 2. The summed E-state index contributed by atoms with van der Waals surface area (Å²) in [6.45, 7) is 5.86. The van der Waals surface area contributed by atoms with E-state index in [1.54, 1.807) is 0 Å². The van der Waals surface area contributed by atoms with Gasteiger partial charge in [-0.15, -0.1) is 0 Å². The molecule has 0 saturated carbocycles. The average Bonchev–Trinajstić information content (AvgIpc) is 2.53. The minimum atomic E-state index is -0.283. The maximum atomic E-state index is 12.0. The van der Waals surface area contributed by atoms with E-state index in [4.69, 9.17) is 0 Å². The van der Waals surface area contributed by atoms with Crippen LogP contribution in [0.25, 0.3) is 12.2 Å². The lowest BCUT2D eigenvalue weighted by atomic mass is 9.92. The number of hydrogen-bond acceptors (Lipinski definition) is 3. The first kappa shape index (κ1) is 14.1. The Kier molecular flexibility index (Phi) is 3.99. The fourth-order valence-corrected chi connectivity index (χ4v) is 2.89. The second kappa shape index (κ2) is 5.37. The number of Topliss-reactive ketones (excluding diaryl/α,β-unsaturated/α-hetero) is 1. The molecule has 0 spiro atoms.